The molecule has 1 heterocycles. The summed E-state index contributed by atoms with van der Waals surface area (Å²) in [6, 6.07) is 3.33. The summed E-state index contributed by atoms with van der Waals surface area (Å²) in [4.78, 5) is 5.49. The molecule has 0 bridgehead atoms. The molecule has 0 fully saturated rings. The maximum atomic E-state index is 12.5. The quantitative estimate of drug-likeness (QED) is 0.829. The highest BCUT2D eigenvalue weighted by atomic mass is 19.4. The summed E-state index contributed by atoms with van der Waals surface area (Å²) in [7, 11) is 0. The van der Waals surface area contributed by atoms with Crippen molar-refractivity contribution >= 4 is 5.69 Å². The van der Waals surface area contributed by atoms with Crippen molar-refractivity contribution in [2.45, 2.75) is 33.0 Å². The SMILES string of the molecule is CCCN(CC(F)(F)F)c1ccnc(CNCC)c1. The van der Waals surface area contributed by atoms with Crippen LogP contribution in [-0.4, -0.2) is 30.8 Å². The lowest BCUT2D eigenvalue weighted by molar-refractivity contribution is -0.119. The lowest BCUT2D eigenvalue weighted by atomic mass is 10.2. The van der Waals surface area contributed by atoms with Gasteiger partial charge in [0.05, 0.1) is 5.69 Å². The fraction of sp³-hybridized carbons (Fsp3) is 0.615. The molecule has 0 saturated carbocycles. The third kappa shape index (κ3) is 5.92. The first-order valence-electron chi connectivity index (χ1n) is 6.43. The number of halogens is 3. The molecular formula is C13H20F3N3. The van der Waals surface area contributed by atoms with Crippen molar-refractivity contribution in [3.05, 3.63) is 24.0 Å². The van der Waals surface area contributed by atoms with Gasteiger partial charge in [0.25, 0.3) is 0 Å². The zero-order valence-corrected chi connectivity index (χ0v) is 11.3. The van der Waals surface area contributed by atoms with Gasteiger partial charge in [0.2, 0.25) is 0 Å². The Morgan fingerprint density at radius 3 is 2.63 bits per heavy atom. The topological polar surface area (TPSA) is 28.2 Å². The van der Waals surface area contributed by atoms with E-state index in [-0.39, 0.29) is 0 Å². The minimum absolute atomic E-state index is 0.379. The van der Waals surface area contributed by atoms with Crippen molar-refractivity contribution in [1.82, 2.24) is 10.3 Å². The standard InChI is InChI=1S/C13H20F3N3/c1-3-7-19(10-13(14,15)16)12-5-6-18-11(8-12)9-17-4-2/h5-6,8,17H,3-4,7,9-10H2,1-2H3. The van der Waals surface area contributed by atoms with E-state index in [1.54, 1.807) is 18.3 Å². The van der Waals surface area contributed by atoms with Crippen LogP contribution < -0.4 is 10.2 Å². The second-order valence-corrected chi connectivity index (χ2v) is 4.32. The molecular weight excluding hydrogens is 255 g/mol. The molecule has 0 atom stereocenters. The average Bonchev–Trinajstić information content (AvgIpc) is 2.35. The molecule has 0 radical (unpaired) electrons. The maximum absolute atomic E-state index is 12.5. The Morgan fingerprint density at radius 2 is 2.05 bits per heavy atom. The van der Waals surface area contributed by atoms with Crippen molar-refractivity contribution in [2.24, 2.45) is 0 Å². The summed E-state index contributed by atoms with van der Waals surface area (Å²) >= 11 is 0. The number of pyridine rings is 1. The summed E-state index contributed by atoms with van der Waals surface area (Å²) in [6.45, 7) is 4.65. The first-order valence-corrected chi connectivity index (χ1v) is 6.43. The van der Waals surface area contributed by atoms with E-state index in [1.165, 1.54) is 4.90 Å². The van der Waals surface area contributed by atoms with E-state index in [4.69, 9.17) is 0 Å². The van der Waals surface area contributed by atoms with Gasteiger partial charge in [-0.3, -0.25) is 4.98 Å². The largest absolute Gasteiger partial charge is 0.405 e. The normalized spacial score (nSPS) is 11.6. The molecule has 1 N–H and O–H groups in total. The van der Waals surface area contributed by atoms with Crippen molar-refractivity contribution in [2.75, 3.05) is 24.5 Å². The summed E-state index contributed by atoms with van der Waals surface area (Å²) in [6.07, 6.45) is -1.97. The number of anilines is 1. The highest BCUT2D eigenvalue weighted by Gasteiger charge is 2.30. The van der Waals surface area contributed by atoms with Crippen LogP contribution in [0, 0.1) is 0 Å². The van der Waals surface area contributed by atoms with Gasteiger partial charge in [0.15, 0.2) is 0 Å². The molecule has 0 aromatic carbocycles. The molecule has 1 rings (SSSR count). The number of nitrogens with one attached hydrogen (secondary N) is 1. The molecule has 0 saturated heterocycles. The minimum atomic E-state index is -4.19. The third-order valence-electron chi connectivity index (χ3n) is 2.59. The summed E-state index contributed by atoms with van der Waals surface area (Å²) in [5.74, 6) is 0. The van der Waals surface area contributed by atoms with Crippen molar-refractivity contribution < 1.29 is 13.2 Å². The number of hydrogen-bond acceptors (Lipinski definition) is 3. The van der Waals surface area contributed by atoms with Crippen LogP contribution in [0.2, 0.25) is 0 Å². The molecule has 19 heavy (non-hydrogen) atoms. The van der Waals surface area contributed by atoms with E-state index in [2.05, 4.69) is 10.3 Å². The number of alkyl halides is 3. The van der Waals surface area contributed by atoms with Gasteiger partial charge in [-0.25, -0.2) is 0 Å². The van der Waals surface area contributed by atoms with Crippen LogP contribution in [0.25, 0.3) is 0 Å². The summed E-state index contributed by atoms with van der Waals surface area (Å²) < 4.78 is 37.6. The smallest absolute Gasteiger partial charge is 0.362 e. The van der Waals surface area contributed by atoms with Crippen LogP contribution in [0.15, 0.2) is 18.3 Å². The predicted molar refractivity (Wildman–Crippen MR) is 70.2 cm³/mol. The third-order valence-corrected chi connectivity index (χ3v) is 2.59. The van der Waals surface area contributed by atoms with Gasteiger partial charge in [-0.2, -0.15) is 13.2 Å². The first kappa shape index (κ1) is 15.8. The van der Waals surface area contributed by atoms with E-state index < -0.39 is 12.7 Å². The molecule has 0 aliphatic carbocycles. The van der Waals surface area contributed by atoms with E-state index in [0.717, 1.165) is 12.2 Å². The Hall–Kier alpha value is -1.30. The second kappa shape index (κ2) is 7.33. The van der Waals surface area contributed by atoms with Gasteiger partial charge < -0.3 is 10.2 Å². The molecule has 6 heteroatoms. The molecule has 0 aliphatic heterocycles. The highest BCUT2D eigenvalue weighted by molar-refractivity contribution is 5.46. The average molecular weight is 275 g/mol. The first-order chi connectivity index (χ1) is 8.96. The highest BCUT2D eigenvalue weighted by Crippen LogP contribution is 2.22. The van der Waals surface area contributed by atoms with Gasteiger partial charge in [-0.05, 0) is 25.1 Å². The van der Waals surface area contributed by atoms with E-state index in [9.17, 15) is 13.2 Å². The van der Waals surface area contributed by atoms with Crippen molar-refractivity contribution in [3.63, 3.8) is 0 Å². The maximum Gasteiger partial charge on any atom is 0.405 e. The Labute approximate surface area is 111 Å². The monoisotopic (exact) mass is 275 g/mol. The Balaban J connectivity index is 2.83. The van der Waals surface area contributed by atoms with Gasteiger partial charge >= 0.3 is 6.18 Å². The second-order valence-electron chi connectivity index (χ2n) is 4.32. The molecule has 0 amide bonds. The van der Waals surface area contributed by atoms with Crippen molar-refractivity contribution in [3.8, 4) is 0 Å². The fourth-order valence-corrected chi connectivity index (χ4v) is 1.80. The van der Waals surface area contributed by atoms with E-state index >= 15 is 0 Å². The predicted octanol–water partition coefficient (Wildman–Crippen LogP) is 2.97. The summed E-state index contributed by atoms with van der Waals surface area (Å²) in [5.41, 5.74) is 1.32. The Bertz CT molecular complexity index is 380. The van der Waals surface area contributed by atoms with Crippen LogP contribution in [0.5, 0.6) is 0 Å². The van der Waals surface area contributed by atoms with Crippen molar-refractivity contribution in [1.29, 1.82) is 0 Å². The molecule has 3 nitrogen and oxygen atoms in total. The van der Waals surface area contributed by atoms with Crippen LogP contribution in [0.1, 0.15) is 26.0 Å². The van der Waals surface area contributed by atoms with Gasteiger partial charge in [0.1, 0.15) is 6.54 Å². The number of hydrogen-bond donors (Lipinski definition) is 1. The Kier molecular flexibility index (Phi) is 6.08. The van der Waals surface area contributed by atoms with Crippen LogP contribution >= 0.6 is 0 Å². The van der Waals surface area contributed by atoms with Gasteiger partial charge in [0, 0.05) is 25.0 Å². The molecule has 0 spiro atoms. The van der Waals surface area contributed by atoms with Crippen LogP contribution in [-0.2, 0) is 6.54 Å². The Morgan fingerprint density at radius 1 is 1.32 bits per heavy atom. The minimum Gasteiger partial charge on any atom is -0.362 e. The molecule has 1 aromatic heterocycles. The number of rotatable bonds is 7. The van der Waals surface area contributed by atoms with E-state index in [0.29, 0.717) is 25.2 Å². The zero-order valence-electron chi connectivity index (χ0n) is 11.3. The fourth-order valence-electron chi connectivity index (χ4n) is 1.80. The van der Waals surface area contributed by atoms with Crippen LogP contribution in [0.4, 0.5) is 18.9 Å². The number of nitrogens with zero attached hydrogens (tertiary/aromatic N) is 2. The molecule has 0 unspecified atom stereocenters. The molecule has 1 aromatic rings. The summed E-state index contributed by atoms with van der Waals surface area (Å²) in [5, 5.41) is 3.11. The van der Waals surface area contributed by atoms with E-state index in [1.807, 2.05) is 13.8 Å². The lowest BCUT2D eigenvalue weighted by Crippen LogP contribution is -2.35. The number of aromatic nitrogens is 1. The molecule has 108 valence electrons. The lowest BCUT2D eigenvalue weighted by Gasteiger charge is -2.25. The van der Waals surface area contributed by atoms with Crippen LogP contribution in [0.3, 0.4) is 0 Å². The zero-order chi connectivity index (χ0) is 14.3. The van der Waals surface area contributed by atoms with Gasteiger partial charge in [-0.15, -0.1) is 0 Å². The van der Waals surface area contributed by atoms with Gasteiger partial charge in [-0.1, -0.05) is 13.8 Å². The molecule has 0 aliphatic rings.